The van der Waals surface area contributed by atoms with Crippen LogP contribution in [0, 0.1) is 13.8 Å². The lowest BCUT2D eigenvalue weighted by Gasteiger charge is -2.10. The summed E-state index contributed by atoms with van der Waals surface area (Å²) >= 11 is 8.80. The topological polar surface area (TPSA) is 41.9 Å². The molecule has 0 bridgehead atoms. The molecule has 0 saturated carbocycles. The molecule has 0 aliphatic rings. The fraction of sp³-hybridized carbons (Fsp3) is 0.333. The van der Waals surface area contributed by atoms with Crippen LogP contribution in [0.15, 0.2) is 34.8 Å². The minimum atomic E-state index is 0.649. The second-order valence-corrected chi connectivity index (χ2v) is 6.01. The summed E-state index contributed by atoms with van der Waals surface area (Å²) in [6.07, 6.45) is 0.963. The van der Waals surface area contributed by atoms with Crippen LogP contribution in [-0.4, -0.2) is 21.4 Å². The van der Waals surface area contributed by atoms with E-state index >= 15 is 0 Å². The maximum atomic E-state index is 5.26. The van der Waals surface area contributed by atoms with Crippen molar-refractivity contribution < 1.29 is 0 Å². The third-order valence-electron chi connectivity index (χ3n) is 3.16. The van der Waals surface area contributed by atoms with Gasteiger partial charge in [0, 0.05) is 24.5 Å². The summed E-state index contributed by atoms with van der Waals surface area (Å²) in [5.41, 5.74) is 3.19. The van der Waals surface area contributed by atoms with Crippen LogP contribution in [0.3, 0.4) is 0 Å². The van der Waals surface area contributed by atoms with Crippen LogP contribution in [0.2, 0.25) is 0 Å². The van der Waals surface area contributed by atoms with Crippen molar-refractivity contribution in [2.24, 2.45) is 0 Å². The van der Waals surface area contributed by atoms with Crippen molar-refractivity contribution in [3.05, 3.63) is 46.2 Å². The SMILES string of the molecule is Cc1nn(CCCNC(=S)Nc2ccccc2)c(C)c1Br. The zero-order valence-electron chi connectivity index (χ0n) is 12.2. The third kappa shape index (κ3) is 4.54. The van der Waals surface area contributed by atoms with E-state index in [4.69, 9.17) is 12.2 Å². The van der Waals surface area contributed by atoms with Gasteiger partial charge in [-0.15, -0.1) is 0 Å². The van der Waals surface area contributed by atoms with Gasteiger partial charge in [0.05, 0.1) is 10.2 Å². The number of aromatic nitrogens is 2. The highest BCUT2D eigenvalue weighted by molar-refractivity contribution is 9.10. The van der Waals surface area contributed by atoms with Crippen molar-refractivity contribution >= 4 is 38.9 Å². The summed E-state index contributed by atoms with van der Waals surface area (Å²) in [7, 11) is 0. The molecule has 21 heavy (non-hydrogen) atoms. The number of rotatable bonds is 5. The van der Waals surface area contributed by atoms with Gasteiger partial charge in [0.2, 0.25) is 0 Å². The molecule has 0 aliphatic heterocycles. The Morgan fingerprint density at radius 1 is 1.29 bits per heavy atom. The number of aryl methyl sites for hydroxylation is 2. The van der Waals surface area contributed by atoms with Gasteiger partial charge in [0.25, 0.3) is 0 Å². The summed E-state index contributed by atoms with van der Waals surface area (Å²) in [6, 6.07) is 9.91. The quantitative estimate of drug-likeness (QED) is 0.626. The van der Waals surface area contributed by atoms with Crippen molar-refractivity contribution in [2.45, 2.75) is 26.8 Å². The second kappa shape index (κ2) is 7.56. The molecule has 0 saturated heterocycles. The van der Waals surface area contributed by atoms with Crippen LogP contribution in [0.1, 0.15) is 17.8 Å². The van der Waals surface area contributed by atoms with Crippen LogP contribution in [0.4, 0.5) is 5.69 Å². The Labute approximate surface area is 139 Å². The van der Waals surface area contributed by atoms with Crippen molar-refractivity contribution in [2.75, 3.05) is 11.9 Å². The minimum absolute atomic E-state index is 0.649. The van der Waals surface area contributed by atoms with Crippen LogP contribution in [0.25, 0.3) is 0 Å². The Morgan fingerprint density at radius 3 is 2.62 bits per heavy atom. The molecule has 0 spiro atoms. The Balaban J connectivity index is 1.72. The number of nitrogens with zero attached hydrogens (tertiary/aromatic N) is 2. The van der Waals surface area contributed by atoms with Crippen molar-refractivity contribution in [1.82, 2.24) is 15.1 Å². The molecule has 0 fully saturated rings. The molecule has 0 amide bonds. The van der Waals surface area contributed by atoms with Crippen LogP contribution < -0.4 is 10.6 Å². The van der Waals surface area contributed by atoms with Gasteiger partial charge in [0.15, 0.2) is 5.11 Å². The van der Waals surface area contributed by atoms with Crippen LogP contribution >= 0.6 is 28.1 Å². The fourth-order valence-electron chi connectivity index (χ4n) is 2.02. The number of nitrogens with one attached hydrogen (secondary N) is 2. The Kier molecular flexibility index (Phi) is 5.76. The summed E-state index contributed by atoms with van der Waals surface area (Å²) in [5, 5.41) is 11.5. The highest BCUT2D eigenvalue weighted by atomic mass is 79.9. The van der Waals surface area contributed by atoms with Crippen LogP contribution in [-0.2, 0) is 6.54 Å². The molecule has 2 rings (SSSR count). The molecule has 6 heteroatoms. The molecule has 2 aromatic rings. The zero-order valence-corrected chi connectivity index (χ0v) is 14.6. The number of para-hydroxylation sites is 1. The lowest BCUT2D eigenvalue weighted by molar-refractivity contribution is 0.558. The molecule has 112 valence electrons. The van der Waals surface area contributed by atoms with Gasteiger partial charge in [0.1, 0.15) is 0 Å². The van der Waals surface area contributed by atoms with Gasteiger partial charge in [-0.05, 0) is 60.5 Å². The molecule has 4 nitrogen and oxygen atoms in total. The van der Waals surface area contributed by atoms with E-state index in [1.807, 2.05) is 41.9 Å². The van der Waals surface area contributed by atoms with E-state index in [1.54, 1.807) is 0 Å². The highest BCUT2D eigenvalue weighted by Crippen LogP contribution is 2.19. The first-order valence-corrected chi connectivity index (χ1v) is 8.07. The zero-order chi connectivity index (χ0) is 15.2. The molecule has 0 radical (unpaired) electrons. The molecule has 1 aromatic carbocycles. The lowest BCUT2D eigenvalue weighted by atomic mass is 10.3. The summed E-state index contributed by atoms with van der Waals surface area (Å²) < 4.78 is 3.12. The highest BCUT2D eigenvalue weighted by Gasteiger charge is 2.07. The average Bonchev–Trinajstić information content (AvgIpc) is 2.72. The minimum Gasteiger partial charge on any atom is -0.362 e. The lowest BCUT2D eigenvalue weighted by Crippen LogP contribution is -2.29. The first-order valence-electron chi connectivity index (χ1n) is 6.87. The maximum absolute atomic E-state index is 5.26. The van der Waals surface area contributed by atoms with E-state index in [1.165, 1.54) is 0 Å². The number of halogens is 1. The van der Waals surface area contributed by atoms with E-state index in [0.29, 0.717) is 5.11 Å². The van der Waals surface area contributed by atoms with Gasteiger partial charge in [-0.3, -0.25) is 4.68 Å². The molecule has 1 heterocycles. The van der Waals surface area contributed by atoms with Crippen molar-refractivity contribution in [1.29, 1.82) is 0 Å². The van der Waals surface area contributed by atoms with E-state index in [9.17, 15) is 0 Å². The third-order valence-corrected chi connectivity index (χ3v) is 4.55. The van der Waals surface area contributed by atoms with E-state index < -0.39 is 0 Å². The molecule has 0 aliphatic carbocycles. The number of hydrogen-bond acceptors (Lipinski definition) is 2. The summed E-state index contributed by atoms with van der Waals surface area (Å²) in [4.78, 5) is 0. The number of hydrogen-bond donors (Lipinski definition) is 2. The maximum Gasteiger partial charge on any atom is 0.170 e. The predicted octanol–water partition coefficient (Wildman–Crippen LogP) is 3.64. The van der Waals surface area contributed by atoms with Gasteiger partial charge in [-0.25, -0.2) is 0 Å². The fourth-order valence-corrected chi connectivity index (χ4v) is 2.52. The normalized spacial score (nSPS) is 10.4. The summed E-state index contributed by atoms with van der Waals surface area (Å²) in [6.45, 7) is 5.76. The van der Waals surface area contributed by atoms with E-state index in [-0.39, 0.29) is 0 Å². The van der Waals surface area contributed by atoms with E-state index in [0.717, 1.165) is 41.1 Å². The number of thiocarbonyl (C=S) groups is 1. The molecular weight excluding hydrogens is 348 g/mol. The molecule has 0 unspecified atom stereocenters. The molecule has 2 N–H and O–H groups in total. The number of benzene rings is 1. The van der Waals surface area contributed by atoms with Crippen molar-refractivity contribution in [3.8, 4) is 0 Å². The molecule has 0 atom stereocenters. The Hall–Kier alpha value is -1.40. The standard InChI is InChI=1S/C15H19BrN4S/c1-11-14(16)12(2)20(19-11)10-6-9-17-15(21)18-13-7-4-3-5-8-13/h3-5,7-8H,6,9-10H2,1-2H3,(H2,17,18,21). The molecular formula is C15H19BrN4S. The van der Waals surface area contributed by atoms with Gasteiger partial charge < -0.3 is 10.6 Å². The number of anilines is 1. The van der Waals surface area contributed by atoms with E-state index in [2.05, 4.69) is 38.6 Å². The largest absolute Gasteiger partial charge is 0.362 e. The summed E-state index contributed by atoms with van der Waals surface area (Å²) in [5.74, 6) is 0. The van der Waals surface area contributed by atoms with Gasteiger partial charge >= 0.3 is 0 Å². The second-order valence-electron chi connectivity index (χ2n) is 4.81. The van der Waals surface area contributed by atoms with Gasteiger partial charge in [-0.1, -0.05) is 18.2 Å². The van der Waals surface area contributed by atoms with Gasteiger partial charge in [-0.2, -0.15) is 5.10 Å². The smallest absolute Gasteiger partial charge is 0.170 e. The predicted molar refractivity (Wildman–Crippen MR) is 94.7 cm³/mol. The Bertz CT molecular complexity index is 610. The van der Waals surface area contributed by atoms with Crippen LogP contribution in [0.5, 0.6) is 0 Å². The monoisotopic (exact) mass is 366 g/mol. The Morgan fingerprint density at radius 2 is 2.00 bits per heavy atom. The average molecular weight is 367 g/mol. The molecule has 1 aromatic heterocycles. The first-order chi connectivity index (χ1) is 10.1. The van der Waals surface area contributed by atoms with Crippen molar-refractivity contribution in [3.63, 3.8) is 0 Å². The first kappa shape index (κ1) is 16.0.